The first kappa shape index (κ1) is 22.5. The van der Waals surface area contributed by atoms with E-state index in [2.05, 4.69) is 10.1 Å². The smallest absolute Gasteiger partial charge is 0.311 e. The predicted octanol–water partition coefficient (Wildman–Crippen LogP) is 4.06. The Morgan fingerprint density at radius 1 is 1.06 bits per heavy atom. The number of amides is 1. The first-order chi connectivity index (χ1) is 16.4. The monoisotopic (exact) mass is 460 g/mol. The van der Waals surface area contributed by atoms with E-state index in [0.717, 1.165) is 11.1 Å². The molecule has 0 atom stereocenters. The number of aryl methyl sites for hydroxylation is 1. The van der Waals surface area contributed by atoms with Crippen molar-refractivity contribution in [3.8, 4) is 34.3 Å². The fraction of sp³-hybridized carbons (Fsp3) is 0.125. The molecule has 0 unspecified atom stereocenters. The molecule has 0 radical (unpaired) electrons. The van der Waals surface area contributed by atoms with Gasteiger partial charge in [0.05, 0.1) is 4.92 Å². The highest BCUT2D eigenvalue weighted by molar-refractivity contribution is 5.75. The van der Waals surface area contributed by atoms with E-state index in [0.29, 0.717) is 28.6 Å². The minimum atomic E-state index is -0.559. The molecule has 4 aromatic rings. The number of hydrogen-bond donors (Lipinski definition) is 1. The molecule has 0 saturated carbocycles. The second kappa shape index (κ2) is 9.82. The third-order valence-corrected chi connectivity index (χ3v) is 4.80. The summed E-state index contributed by atoms with van der Waals surface area (Å²) < 4.78 is 16.4. The molecular formula is C24H20N4O6. The van der Waals surface area contributed by atoms with Gasteiger partial charge in [-0.15, -0.1) is 0 Å². The van der Waals surface area contributed by atoms with Gasteiger partial charge in [0.15, 0.2) is 12.4 Å². The van der Waals surface area contributed by atoms with Gasteiger partial charge in [0, 0.05) is 17.2 Å². The molecule has 0 saturated heterocycles. The maximum Gasteiger partial charge on any atom is 0.311 e. The molecule has 0 spiro atoms. The lowest BCUT2D eigenvalue weighted by atomic mass is 10.1. The Bertz CT molecular complexity index is 1330. The number of carbonyl (C=O) groups excluding carboxylic acids is 1. The van der Waals surface area contributed by atoms with Crippen LogP contribution < -0.4 is 15.2 Å². The van der Waals surface area contributed by atoms with Crippen LogP contribution in [0.15, 0.2) is 71.3 Å². The summed E-state index contributed by atoms with van der Waals surface area (Å²) in [7, 11) is 0. The van der Waals surface area contributed by atoms with E-state index < -0.39 is 10.8 Å². The summed E-state index contributed by atoms with van der Waals surface area (Å²) in [5, 5.41) is 15.3. The number of benzene rings is 3. The summed E-state index contributed by atoms with van der Waals surface area (Å²) in [5.74, 6) is 0.828. The Morgan fingerprint density at radius 3 is 2.59 bits per heavy atom. The minimum Gasteiger partial charge on any atom is -0.484 e. The third-order valence-electron chi connectivity index (χ3n) is 4.80. The number of nitrogens with two attached hydrogens (primary N) is 1. The number of primary amides is 1. The van der Waals surface area contributed by atoms with Crippen molar-refractivity contribution in [1.82, 2.24) is 10.1 Å². The van der Waals surface area contributed by atoms with Gasteiger partial charge in [-0.05, 0) is 60.5 Å². The van der Waals surface area contributed by atoms with Crippen LogP contribution >= 0.6 is 0 Å². The summed E-state index contributed by atoms with van der Waals surface area (Å²) in [6, 6.07) is 18.9. The number of nitrogens with zero attached hydrogens (tertiary/aromatic N) is 3. The molecule has 1 heterocycles. The second-order valence-corrected chi connectivity index (χ2v) is 7.42. The van der Waals surface area contributed by atoms with Gasteiger partial charge >= 0.3 is 5.69 Å². The van der Waals surface area contributed by atoms with Gasteiger partial charge in [-0.2, -0.15) is 4.98 Å². The van der Waals surface area contributed by atoms with E-state index in [4.69, 9.17) is 19.7 Å². The van der Waals surface area contributed by atoms with Gasteiger partial charge in [-0.3, -0.25) is 14.9 Å². The summed E-state index contributed by atoms with van der Waals surface area (Å²) >= 11 is 0. The Labute approximate surface area is 194 Å². The first-order valence-corrected chi connectivity index (χ1v) is 10.2. The Balaban J connectivity index is 1.47. The highest BCUT2D eigenvalue weighted by Crippen LogP contribution is 2.29. The van der Waals surface area contributed by atoms with Gasteiger partial charge in [0.2, 0.25) is 5.82 Å². The van der Waals surface area contributed by atoms with Gasteiger partial charge in [0.25, 0.3) is 11.8 Å². The van der Waals surface area contributed by atoms with Crippen molar-refractivity contribution >= 4 is 11.6 Å². The summed E-state index contributed by atoms with van der Waals surface area (Å²) in [4.78, 5) is 26.1. The minimum absolute atomic E-state index is 0.0799. The SMILES string of the molecule is Cc1ccc(OCc2cccc(-c3nc(-c4ccc(OCC(N)=O)cc4)no3)c2)c([N+](=O)[O-])c1. The number of nitro benzene ring substituents is 1. The number of carbonyl (C=O) groups is 1. The molecular weight excluding hydrogens is 440 g/mol. The normalized spacial score (nSPS) is 10.6. The number of ether oxygens (including phenoxy) is 2. The average Bonchev–Trinajstić information content (AvgIpc) is 3.33. The quantitative estimate of drug-likeness (QED) is 0.291. The van der Waals surface area contributed by atoms with Crippen LogP contribution in [-0.2, 0) is 11.4 Å². The molecule has 1 amide bonds. The number of hydrogen-bond acceptors (Lipinski definition) is 8. The van der Waals surface area contributed by atoms with E-state index in [1.807, 2.05) is 24.3 Å². The molecule has 3 aromatic carbocycles. The maximum atomic E-state index is 11.3. The van der Waals surface area contributed by atoms with E-state index >= 15 is 0 Å². The zero-order valence-electron chi connectivity index (χ0n) is 18.1. The van der Waals surface area contributed by atoms with Gasteiger partial charge in [-0.25, -0.2) is 0 Å². The zero-order chi connectivity index (χ0) is 24.1. The molecule has 2 N–H and O–H groups in total. The van der Waals surface area contributed by atoms with Crippen LogP contribution in [0.5, 0.6) is 11.5 Å². The van der Waals surface area contributed by atoms with Crippen molar-refractivity contribution in [1.29, 1.82) is 0 Å². The standard InChI is InChI=1S/C24H20N4O6/c1-15-5-10-21(20(11-15)28(30)31)33-13-16-3-2-4-18(12-16)24-26-23(27-34-24)17-6-8-19(9-7-17)32-14-22(25)29/h2-12H,13-14H2,1H3,(H2,25,29). The molecule has 4 rings (SSSR count). The van der Waals surface area contributed by atoms with Crippen LogP contribution in [0.2, 0.25) is 0 Å². The molecule has 34 heavy (non-hydrogen) atoms. The molecule has 0 bridgehead atoms. The van der Waals surface area contributed by atoms with E-state index in [1.54, 1.807) is 43.3 Å². The molecule has 10 nitrogen and oxygen atoms in total. The Hall–Kier alpha value is -4.73. The van der Waals surface area contributed by atoms with Crippen molar-refractivity contribution in [2.75, 3.05) is 6.61 Å². The molecule has 172 valence electrons. The second-order valence-electron chi connectivity index (χ2n) is 7.42. The molecule has 10 heteroatoms. The first-order valence-electron chi connectivity index (χ1n) is 10.2. The molecule has 0 aliphatic rings. The third kappa shape index (κ3) is 5.36. The lowest BCUT2D eigenvalue weighted by molar-refractivity contribution is -0.386. The lowest BCUT2D eigenvalue weighted by Crippen LogP contribution is -2.19. The maximum absolute atomic E-state index is 11.3. The van der Waals surface area contributed by atoms with Crippen LogP contribution in [0.4, 0.5) is 5.69 Å². The number of nitro groups is 1. The lowest BCUT2D eigenvalue weighted by Gasteiger charge is -2.08. The van der Waals surface area contributed by atoms with Gasteiger partial charge in [0.1, 0.15) is 12.4 Å². The van der Waals surface area contributed by atoms with Crippen LogP contribution in [-0.4, -0.2) is 27.6 Å². The van der Waals surface area contributed by atoms with Crippen molar-refractivity contribution in [3.63, 3.8) is 0 Å². The van der Waals surface area contributed by atoms with Crippen LogP contribution in [0.3, 0.4) is 0 Å². The molecule has 0 aliphatic heterocycles. The highest BCUT2D eigenvalue weighted by Gasteiger charge is 2.16. The van der Waals surface area contributed by atoms with Crippen molar-refractivity contribution in [3.05, 3.63) is 88.0 Å². The largest absolute Gasteiger partial charge is 0.484 e. The fourth-order valence-corrected chi connectivity index (χ4v) is 3.16. The van der Waals surface area contributed by atoms with Crippen molar-refractivity contribution in [2.45, 2.75) is 13.5 Å². The van der Waals surface area contributed by atoms with Crippen LogP contribution in [0.25, 0.3) is 22.8 Å². The number of aromatic nitrogens is 2. The molecule has 0 aliphatic carbocycles. The summed E-state index contributed by atoms with van der Waals surface area (Å²) in [5.41, 5.74) is 7.93. The van der Waals surface area contributed by atoms with Gasteiger partial charge < -0.3 is 19.7 Å². The van der Waals surface area contributed by atoms with E-state index in [9.17, 15) is 14.9 Å². The average molecular weight is 460 g/mol. The highest BCUT2D eigenvalue weighted by atomic mass is 16.6. The molecule has 0 fully saturated rings. The summed E-state index contributed by atoms with van der Waals surface area (Å²) in [6.45, 7) is 1.71. The zero-order valence-corrected chi connectivity index (χ0v) is 18.1. The predicted molar refractivity (Wildman–Crippen MR) is 122 cm³/mol. The van der Waals surface area contributed by atoms with Crippen molar-refractivity contribution in [2.24, 2.45) is 5.73 Å². The number of rotatable bonds is 9. The van der Waals surface area contributed by atoms with Gasteiger partial charge in [-0.1, -0.05) is 23.4 Å². The van der Waals surface area contributed by atoms with E-state index in [-0.39, 0.29) is 24.7 Å². The van der Waals surface area contributed by atoms with Crippen molar-refractivity contribution < 1.29 is 23.7 Å². The molecule has 1 aromatic heterocycles. The topological polar surface area (TPSA) is 144 Å². The fourth-order valence-electron chi connectivity index (χ4n) is 3.16. The van der Waals surface area contributed by atoms with Crippen LogP contribution in [0, 0.1) is 17.0 Å². The summed E-state index contributed by atoms with van der Waals surface area (Å²) in [6.07, 6.45) is 0. The van der Waals surface area contributed by atoms with Crippen LogP contribution in [0.1, 0.15) is 11.1 Å². The Morgan fingerprint density at radius 2 is 1.85 bits per heavy atom. The van der Waals surface area contributed by atoms with E-state index in [1.165, 1.54) is 6.07 Å². The Kier molecular flexibility index (Phi) is 6.49.